The number of anilines is 1. The number of alkyl halides is 3. The summed E-state index contributed by atoms with van der Waals surface area (Å²) in [4.78, 5) is 9.22. The second-order valence-corrected chi connectivity index (χ2v) is 6.99. The van der Waals surface area contributed by atoms with Gasteiger partial charge in [0.25, 0.3) is 0 Å². The number of fused-ring (bicyclic) bond motifs is 1. The van der Waals surface area contributed by atoms with Crippen molar-refractivity contribution < 1.29 is 31.1 Å². The molecule has 0 aliphatic carbocycles. The van der Waals surface area contributed by atoms with Crippen molar-refractivity contribution in [3.63, 3.8) is 0 Å². The number of ether oxygens (including phenoxy) is 1. The molecule has 0 unspecified atom stereocenters. The zero-order valence-electron chi connectivity index (χ0n) is 16.3. The summed E-state index contributed by atoms with van der Waals surface area (Å²) in [5.74, 6) is -2.22. The summed E-state index contributed by atoms with van der Waals surface area (Å²) in [6.07, 6.45) is -2.20. The Labute approximate surface area is 178 Å². The molecule has 0 amide bonds. The maximum absolute atomic E-state index is 14.6. The second-order valence-electron chi connectivity index (χ2n) is 6.99. The highest BCUT2D eigenvalue weighted by atomic mass is 19.4. The Hall–Kier alpha value is -3.56. The molecule has 0 bridgehead atoms. The molecule has 2 heterocycles. The number of hydrogen-bond acceptors (Lipinski definition) is 4. The molecule has 0 N–H and O–H groups in total. The lowest BCUT2D eigenvalue weighted by Crippen LogP contribution is -2.31. The molecule has 0 spiro atoms. The Kier molecular flexibility index (Phi) is 5.77. The molecule has 1 aliphatic rings. The molecule has 0 fully saturated rings. The van der Waals surface area contributed by atoms with Crippen LogP contribution in [0.5, 0.6) is 11.6 Å². The first-order valence-corrected chi connectivity index (χ1v) is 9.44. The molecule has 1 aromatic heterocycles. The summed E-state index contributed by atoms with van der Waals surface area (Å²) in [6.45, 7) is 0.258. The monoisotopic (exact) mass is 451 g/mol. The Balaban J connectivity index is 1.47. The number of rotatable bonds is 5. The SMILES string of the molecule is Fc1cc(Oc2cc(C(F)(F)F)ccn2)ccc1CCN1CN=Cc2c(F)ccc(F)c21. The minimum Gasteiger partial charge on any atom is -0.439 e. The number of aliphatic imine (C=N–C) groups is 1. The van der Waals surface area contributed by atoms with Crippen molar-refractivity contribution in [2.45, 2.75) is 12.6 Å². The summed E-state index contributed by atoms with van der Waals surface area (Å²) in [5.41, 5.74) is -0.569. The standard InChI is InChI=1S/C22H15F6N3O/c23-17-3-4-18(24)21-16(17)11-29-12-31(21)8-6-13-1-2-15(10-19(13)25)32-20-9-14(5-7-30-20)22(26,27)28/h1-5,7,9-11H,6,8,12H2. The smallest absolute Gasteiger partial charge is 0.416 e. The van der Waals surface area contributed by atoms with E-state index >= 15 is 0 Å². The second kappa shape index (κ2) is 8.52. The summed E-state index contributed by atoms with van der Waals surface area (Å²) < 4.78 is 86.4. The van der Waals surface area contributed by atoms with Crippen LogP contribution in [0.15, 0.2) is 53.7 Å². The van der Waals surface area contributed by atoms with Crippen LogP contribution in [0.2, 0.25) is 0 Å². The highest BCUT2D eigenvalue weighted by Gasteiger charge is 2.31. The summed E-state index contributed by atoms with van der Waals surface area (Å²) in [5, 5.41) is 0. The molecule has 0 saturated heterocycles. The zero-order chi connectivity index (χ0) is 22.9. The van der Waals surface area contributed by atoms with Crippen LogP contribution >= 0.6 is 0 Å². The predicted octanol–water partition coefficient (Wildman–Crippen LogP) is 5.75. The first kappa shape index (κ1) is 21.7. The third-order valence-corrected chi connectivity index (χ3v) is 4.86. The fourth-order valence-electron chi connectivity index (χ4n) is 3.30. The number of aromatic nitrogens is 1. The Morgan fingerprint density at radius 3 is 2.47 bits per heavy atom. The van der Waals surface area contributed by atoms with Crippen molar-refractivity contribution in [3.05, 3.63) is 82.8 Å². The number of nitrogens with zero attached hydrogens (tertiary/aromatic N) is 3. The predicted molar refractivity (Wildman–Crippen MR) is 106 cm³/mol. The van der Waals surface area contributed by atoms with Gasteiger partial charge in [-0.2, -0.15) is 13.2 Å². The maximum atomic E-state index is 14.6. The number of hydrogen-bond donors (Lipinski definition) is 0. The molecule has 3 aromatic rings. The lowest BCUT2D eigenvalue weighted by Gasteiger charge is -2.28. The van der Waals surface area contributed by atoms with Crippen molar-refractivity contribution in [2.24, 2.45) is 4.99 Å². The molecule has 1 aliphatic heterocycles. The molecular weight excluding hydrogens is 436 g/mol. The van der Waals surface area contributed by atoms with Gasteiger partial charge < -0.3 is 9.64 Å². The Bertz CT molecular complexity index is 1180. The van der Waals surface area contributed by atoms with Gasteiger partial charge in [-0.3, -0.25) is 4.99 Å². The molecular formula is C22H15F6N3O. The average molecular weight is 451 g/mol. The van der Waals surface area contributed by atoms with E-state index in [-0.39, 0.29) is 48.1 Å². The highest BCUT2D eigenvalue weighted by molar-refractivity contribution is 5.90. The summed E-state index contributed by atoms with van der Waals surface area (Å²) in [7, 11) is 0. The van der Waals surface area contributed by atoms with Gasteiger partial charge in [0.1, 0.15) is 29.9 Å². The fraction of sp³-hybridized carbons (Fsp3) is 0.182. The molecule has 32 heavy (non-hydrogen) atoms. The largest absolute Gasteiger partial charge is 0.439 e. The molecule has 0 atom stereocenters. The van der Waals surface area contributed by atoms with Gasteiger partial charge >= 0.3 is 6.18 Å². The van der Waals surface area contributed by atoms with E-state index in [4.69, 9.17) is 4.74 Å². The van der Waals surface area contributed by atoms with E-state index in [0.717, 1.165) is 30.5 Å². The van der Waals surface area contributed by atoms with Gasteiger partial charge in [0.05, 0.1) is 16.8 Å². The van der Waals surface area contributed by atoms with E-state index in [1.807, 2.05) is 0 Å². The van der Waals surface area contributed by atoms with Crippen molar-refractivity contribution in [1.82, 2.24) is 4.98 Å². The van der Waals surface area contributed by atoms with Crippen LogP contribution < -0.4 is 9.64 Å². The van der Waals surface area contributed by atoms with E-state index in [1.54, 1.807) is 0 Å². The normalized spacial score (nSPS) is 13.2. The van der Waals surface area contributed by atoms with Crippen molar-refractivity contribution in [1.29, 1.82) is 0 Å². The van der Waals surface area contributed by atoms with Crippen LogP contribution in [-0.4, -0.2) is 24.4 Å². The minimum atomic E-state index is -4.56. The van der Waals surface area contributed by atoms with Crippen LogP contribution in [0, 0.1) is 17.5 Å². The number of pyridine rings is 1. The molecule has 4 nitrogen and oxygen atoms in total. The first-order chi connectivity index (χ1) is 15.2. The van der Waals surface area contributed by atoms with E-state index in [9.17, 15) is 26.3 Å². The lowest BCUT2D eigenvalue weighted by atomic mass is 10.1. The van der Waals surface area contributed by atoms with Crippen LogP contribution in [-0.2, 0) is 12.6 Å². The molecule has 0 radical (unpaired) electrons. The van der Waals surface area contributed by atoms with E-state index < -0.39 is 29.2 Å². The lowest BCUT2D eigenvalue weighted by molar-refractivity contribution is -0.137. The van der Waals surface area contributed by atoms with Gasteiger partial charge in [-0.05, 0) is 36.2 Å². The van der Waals surface area contributed by atoms with Gasteiger partial charge in [-0.25, -0.2) is 18.2 Å². The van der Waals surface area contributed by atoms with Crippen LogP contribution in [0.4, 0.5) is 32.0 Å². The highest BCUT2D eigenvalue weighted by Crippen LogP contribution is 2.32. The van der Waals surface area contributed by atoms with Gasteiger partial charge in [0, 0.05) is 31.1 Å². The fourth-order valence-corrected chi connectivity index (χ4v) is 3.30. The molecule has 0 saturated carbocycles. The van der Waals surface area contributed by atoms with Crippen molar-refractivity contribution in [2.75, 3.05) is 18.1 Å². The van der Waals surface area contributed by atoms with Crippen LogP contribution in [0.3, 0.4) is 0 Å². The Morgan fingerprint density at radius 2 is 1.72 bits per heavy atom. The average Bonchev–Trinajstić information content (AvgIpc) is 2.75. The summed E-state index contributed by atoms with van der Waals surface area (Å²) >= 11 is 0. The molecule has 10 heteroatoms. The van der Waals surface area contributed by atoms with Gasteiger partial charge in [-0.1, -0.05) is 6.07 Å². The Morgan fingerprint density at radius 1 is 0.938 bits per heavy atom. The molecule has 2 aromatic carbocycles. The zero-order valence-corrected chi connectivity index (χ0v) is 16.3. The van der Waals surface area contributed by atoms with E-state index in [0.29, 0.717) is 6.07 Å². The third-order valence-electron chi connectivity index (χ3n) is 4.86. The van der Waals surface area contributed by atoms with Crippen molar-refractivity contribution >= 4 is 11.9 Å². The molecule has 166 valence electrons. The quantitative estimate of drug-likeness (QED) is 0.464. The molecule has 4 rings (SSSR count). The first-order valence-electron chi connectivity index (χ1n) is 9.44. The van der Waals surface area contributed by atoms with Gasteiger partial charge in [-0.15, -0.1) is 0 Å². The van der Waals surface area contributed by atoms with Crippen molar-refractivity contribution in [3.8, 4) is 11.6 Å². The topological polar surface area (TPSA) is 37.7 Å². The number of halogens is 6. The minimum absolute atomic E-state index is 0.0286. The van der Waals surface area contributed by atoms with Gasteiger partial charge in [0.15, 0.2) is 0 Å². The van der Waals surface area contributed by atoms with E-state index in [2.05, 4.69) is 9.98 Å². The van der Waals surface area contributed by atoms with Crippen LogP contribution in [0.1, 0.15) is 16.7 Å². The third kappa shape index (κ3) is 4.53. The van der Waals surface area contributed by atoms with Gasteiger partial charge in [0.2, 0.25) is 5.88 Å². The maximum Gasteiger partial charge on any atom is 0.416 e. The van der Waals surface area contributed by atoms with Crippen LogP contribution in [0.25, 0.3) is 0 Å². The van der Waals surface area contributed by atoms with E-state index in [1.165, 1.54) is 23.2 Å². The summed E-state index contributed by atoms with van der Waals surface area (Å²) in [6, 6.07) is 7.38. The number of benzene rings is 2.